The van der Waals surface area contributed by atoms with Gasteiger partial charge < -0.3 is 14.8 Å². The van der Waals surface area contributed by atoms with Gasteiger partial charge >= 0.3 is 5.97 Å². The van der Waals surface area contributed by atoms with Crippen molar-refractivity contribution in [2.24, 2.45) is 0 Å². The van der Waals surface area contributed by atoms with Crippen molar-refractivity contribution in [3.63, 3.8) is 0 Å². The number of anilines is 1. The van der Waals surface area contributed by atoms with E-state index < -0.39 is 23.4 Å². The quantitative estimate of drug-likeness (QED) is 0.352. The molecule has 0 radical (unpaired) electrons. The Morgan fingerprint density at radius 1 is 0.967 bits per heavy atom. The predicted molar refractivity (Wildman–Crippen MR) is 110 cm³/mol. The Labute approximate surface area is 172 Å². The van der Waals surface area contributed by atoms with Crippen LogP contribution in [0.5, 0.6) is 11.5 Å². The van der Waals surface area contributed by atoms with Crippen LogP contribution >= 0.6 is 0 Å². The highest BCUT2D eigenvalue weighted by Crippen LogP contribution is 2.23. The number of hydrogen-bond donors (Lipinski definition) is 1. The van der Waals surface area contributed by atoms with E-state index in [1.807, 2.05) is 30.3 Å². The van der Waals surface area contributed by atoms with Crippen molar-refractivity contribution >= 4 is 23.3 Å². The van der Waals surface area contributed by atoms with Crippen LogP contribution in [0.25, 0.3) is 0 Å². The number of nitro groups is 1. The number of para-hydroxylation sites is 1. The first-order valence-corrected chi connectivity index (χ1v) is 8.97. The molecule has 152 valence electrons. The summed E-state index contributed by atoms with van der Waals surface area (Å²) in [5.74, 6) is -0.0642. The summed E-state index contributed by atoms with van der Waals surface area (Å²) in [6.07, 6.45) is 0. The van der Waals surface area contributed by atoms with E-state index >= 15 is 0 Å². The Morgan fingerprint density at radius 2 is 1.63 bits per heavy atom. The minimum atomic E-state index is -0.820. The van der Waals surface area contributed by atoms with Crippen molar-refractivity contribution in [1.82, 2.24) is 0 Å². The maximum absolute atomic E-state index is 12.1. The number of benzene rings is 3. The zero-order valence-electron chi connectivity index (χ0n) is 16.0. The van der Waals surface area contributed by atoms with E-state index in [1.54, 1.807) is 31.2 Å². The summed E-state index contributed by atoms with van der Waals surface area (Å²) >= 11 is 0. The minimum Gasteiger partial charge on any atom is -0.457 e. The fourth-order valence-corrected chi connectivity index (χ4v) is 2.58. The largest absolute Gasteiger partial charge is 0.457 e. The molecule has 0 fully saturated rings. The molecule has 0 aliphatic heterocycles. The third-order valence-electron chi connectivity index (χ3n) is 4.09. The molecule has 0 aromatic heterocycles. The molecule has 0 atom stereocenters. The van der Waals surface area contributed by atoms with E-state index in [9.17, 15) is 19.7 Å². The van der Waals surface area contributed by atoms with Gasteiger partial charge in [-0.25, -0.2) is 4.79 Å². The number of nitrogens with zero attached hydrogens (tertiary/aromatic N) is 1. The lowest BCUT2D eigenvalue weighted by Gasteiger charge is -2.09. The molecule has 0 saturated heterocycles. The first-order valence-electron chi connectivity index (χ1n) is 8.97. The number of nitro benzene ring substituents is 1. The molecule has 3 aromatic rings. The molecule has 8 heteroatoms. The molecule has 0 aliphatic rings. The Hall–Kier alpha value is -4.20. The molecular weight excluding hydrogens is 388 g/mol. The fourth-order valence-electron chi connectivity index (χ4n) is 2.58. The first-order chi connectivity index (χ1) is 14.4. The highest BCUT2D eigenvalue weighted by atomic mass is 16.6. The van der Waals surface area contributed by atoms with Crippen LogP contribution in [0.4, 0.5) is 11.4 Å². The monoisotopic (exact) mass is 406 g/mol. The van der Waals surface area contributed by atoms with Gasteiger partial charge in [-0.1, -0.05) is 24.3 Å². The molecule has 0 spiro atoms. The molecule has 0 heterocycles. The van der Waals surface area contributed by atoms with Crippen LogP contribution in [0, 0.1) is 17.0 Å². The van der Waals surface area contributed by atoms with E-state index in [0.717, 1.165) is 6.07 Å². The smallest absolute Gasteiger partial charge is 0.338 e. The number of carbonyl (C=O) groups excluding carboxylic acids is 2. The summed E-state index contributed by atoms with van der Waals surface area (Å²) in [5, 5.41) is 13.6. The average Bonchev–Trinajstić information content (AvgIpc) is 2.74. The number of rotatable bonds is 7. The van der Waals surface area contributed by atoms with Crippen LogP contribution in [0.15, 0.2) is 72.8 Å². The van der Waals surface area contributed by atoms with Crippen molar-refractivity contribution < 1.29 is 24.0 Å². The van der Waals surface area contributed by atoms with Crippen LogP contribution in [0.3, 0.4) is 0 Å². The number of esters is 1. The maximum Gasteiger partial charge on any atom is 0.338 e. The van der Waals surface area contributed by atoms with Gasteiger partial charge in [-0.05, 0) is 49.4 Å². The lowest BCUT2D eigenvalue weighted by molar-refractivity contribution is -0.385. The Balaban J connectivity index is 1.52. The number of amides is 1. The number of ether oxygens (including phenoxy) is 2. The predicted octanol–water partition coefficient (Wildman–Crippen LogP) is 4.49. The summed E-state index contributed by atoms with van der Waals surface area (Å²) in [4.78, 5) is 34.5. The zero-order chi connectivity index (χ0) is 21.5. The van der Waals surface area contributed by atoms with Gasteiger partial charge in [0.15, 0.2) is 6.61 Å². The topological polar surface area (TPSA) is 108 Å². The Bertz CT molecular complexity index is 1060. The maximum atomic E-state index is 12.1. The number of nitrogens with one attached hydrogen (secondary N) is 1. The van der Waals surface area contributed by atoms with Gasteiger partial charge in [-0.15, -0.1) is 0 Å². The second kappa shape index (κ2) is 9.33. The second-order valence-electron chi connectivity index (χ2n) is 6.32. The summed E-state index contributed by atoms with van der Waals surface area (Å²) in [7, 11) is 0. The van der Waals surface area contributed by atoms with Gasteiger partial charge in [0.1, 0.15) is 11.5 Å². The van der Waals surface area contributed by atoms with Gasteiger partial charge in [0.2, 0.25) is 0 Å². The molecule has 1 N–H and O–H groups in total. The lowest BCUT2D eigenvalue weighted by atomic mass is 10.1. The van der Waals surface area contributed by atoms with E-state index in [2.05, 4.69) is 5.32 Å². The van der Waals surface area contributed by atoms with E-state index in [0.29, 0.717) is 22.7 Å². The number of hydrogen-bond acceptors (Lipinski definition) is 6. The molecule has 0 saturated carbocycles. The molecular formula is C22H18N2O6. The van der Waals surface area contributed by atoms with Crippen molar-refractivity contribution in [2.75, 3.05) is 11.9 Å². The normalized spacial score (nSPS) is 10.2. The molecule has 3 aromatic carbocycles. The summed E-state index contributed by atoms with van der Waals surface area (Å²) < 4.78 is 10.6. The summed E-state index contributed by atoms with van der Waals surface area (Å²) in [6.45, 7) is 1.04. The van der Waals surface area contributed by atoms with Gasteiger partial charge in [-0.2, -0.15) is 0 Å². The summed E-state index contributed by atoms with van der Waals surface area (Å²) in [6, 6.07) is 19.9. The molecule has 3 rings (SSSR count). The highest BCUT2D eigenvalue weighted by molar-refractivity contribution is 5.95. The molecule has 8 nitrogen and oxygen atoms in total. The van der Waals surface area contributed by atoms with Gasteiger partial charge in [0.05, 0.1) is 10.5 Å². The van der Waals surface area contributed by atoms with Crippen LogP contribution in [0.1, 0.15) is 15.9 Å². The molecule has 30 heavy (non-hydrogen) atoms. The van der Waals surface area contributed by atoms with Gasteiger partial charge in [-0.3, -0.25) is 14.9 Å². The SMILES string of the molecule is Cc1ccc(C(=O)OCC(=O)Nc2ccc(Oc3ccccc3)cc2)cc1[N+](=O)[O-]. The first kappa shape index (κ1) is 20.5. The van der Waals surface area contributed by atoms with Crippen molar-refractivity contribution in [1.29, 1.82) is 0 Å². The zero-order valence-corrected chi connectivity index (χ0v) is 16.0. The minimum absolute atomic E-state index is 0.00233. The van der Waals surface area contributed by atoms with E-state index in [-0.39, 0.29) is 11.3 Å². The van der Waals surface area contributed by atoms with Crippen molar-refractivity contribution in [3.05, 3.63) is 94.0 Å². The molecule has 0 aliphatic carbocycles. The summed E-state index contributed by atoms with van der Waals surface area (Å²) in [5.41, 5.74) is 0.741. The Kier molecular flexibility index (Phi) is 6.39. The lowest BCUT2D eigenvalue weighted by Crippen LogP contribution is -2.21. The number of carbonyl (C=O) groups is 2. The van der Waals surface area contributed by atoms with E-state index in [4.69, 9.17) is 9.47 Å². The van der Waals surface area contributed by atoms with Crippen LogP contribution in [-0.4, -0.2) is 23.4 Å². The molecule has 0 unspecified atom stereocenters. The molecule has 0 bridgehead atoms. The van der Waals surface area contributed by atoms with E-state index in [1.165, 1.54) is 12.1 Å². The van der Waals surface area contributed by atoms with Crippen molar-refractivity contribution in [3.8, 4) is 11.5 Å². The standard InChI is InChI=1S/C22H18N2O6/c1-15-7-8-16(13-20(15)24(27)28)22(26)29-14-21(25)23-17-9-11-19(12-10-17)30-18-5-3-2-4-6-18/h2-13H,14H2,1H3,(H,23,25). The van der Waals surface area contributed by atoms with Crippen LogP contribution in [0.2, 0.25) is 0 Å². The molecule has 1 amide bonds. The second-order valence-corrected chi connectivity index (χ2v) is 6.32. The third-order valence-corrected chi connectivity index (χ3v) is 4.09. The van der Waals surface area contributed by atoms with Gasteiger partial charge in [0.25, 0.3) is 11.6 Å². The van der Waals surface area contributed by atoms with Gasteiger partial charge in [0, 0.05) is 17.3 Å². The average molecular weight is 406 g/mol. The van der Waals surface area contributed by atoms with Crippen LogP contribution in [-0.2, 0) is 9.53 Å². The highest BCUT2D eigenvalue weighted by Gasteiger charge is 2.17. The van der Waals surface area contributed by atoms with Crippen molar-refractivity contribution in [2.45, 2.75) is 6.92 Å². The number of aryl methyl sites for hydroxylation is 1. The fraction of sp³-hybridized carbons (Fsp3) is 0.0909. The third kappa shape index (κ3) is 5.41. The Morgan fingerprint density at radius 3 is 2.30 bits per heavy atom. The van der Waals surface area contributed by atoms with Crippen LogP contribution < -0.4 is 10.1 Å².